The second kappa shape index (κ2) is 7.99. The summed E-state index contributed by atoms with van der Waals surface area (Å²) in [5.74, 6) is -0.809. The molecule has 31 heavy (non-hydrogen) atoms. The van der Waals surface area contributed by atoms with Gasteiger partial charge in [0.1, 0.15) is 16.5 Å². The minimum Gasteiger partial charge on any atom is -0.435 e. The number of thiophene rings is 1. The minimum absolute atomic E-state index is 0.170. The molecule has 0 spiro atoms. The lowest BCUT2D eigenvalue weighted by molar-refractivity contribution is 0.508. The van der Waals surface area contributed by atoms with Gasteiger partial charge in [-0.25, -0.2) is 23.0 Å². The number of aryl methyl sites for hydroxylation is 1. The zero-order valence-corrected chi connectivity index (χ0v) is 19.3. The number of oxazole rings is 1. The fourth-order valence-electron chi connectivity index (χ4n) is 3.31. The van der Waals surface area contributed by atoms with Crippen molar-refractivity contribution in [2.45, 2.75) is 25.8 Å². The maximum Gasteiger partial charge on any atom is 0.237 e. The van der Waals surface area contributed by atoms with Crippen LogP contribution in [0.4, 0.5) is 8.78 Å². The van der Waals surface area contributed by atoms with Crippen molar-refractivity contribution < 1.29 is 17.4 Å². The molecule has 3 aromatic rings. The summed E-state index contributed by atoms with van der Waals surface area (Å²) in [6.45, 7) is 3.72. The smallest absolute Gasteiger partial charge is 0.237 e. The second-order valence-electron chi connectivity index (χ2n) is 7.27. The van der Waals surface area contributed by atoms with Crippen LogP contribution in [-0.4, -0.2) is 32.3 Å². The zero-order valence-electron chi connectivity index (χ0n) is 16.9. The van der Waals surface area contributed by atoms with Crippen LogP contribution in [0.5, 0.6) is 0 Å². The first kappa shape index (κ1) is 21.9. The van der Waals surface area contributed by atoms with Gasteiger partial charge in [0.15, 0.2) is 17.4 Å². The topological polar surface area (TPSA) is 84.7 Å². The summed E-state index contributed by atoms with van der Waals surface area (Å²) in [4.78, 5) is 10.4. The van der Waals surface area contributed by atoms with Gasteiger partial charge in [-0.3, -0.25) is 4.31 Å². The average molecular weight is 485 g/mol. The van der Waals surface area contributed by atoms with Gasteiger partial charge < -0.3 is 10.2 Å². The van der Waals surface area contributed by atoms with Gasteiger partial charge in [0.25, 0.3) is 0 Å². The van der Waals surface area contributed by atoms with Gasteiger partial charge in [0, 0.05) is 12.6 Å². The number of nitrogens with zero attached hydrogens (tertiary/aromatic N) is 3. The van der Waals surface area contributed by atoms with Crippen molar-refractivity contribution in [1.29, 1.82) is 0 Å². The molecule has 0 saturated carbocycles. The number of hydrogen-bond acceptors (Lipinski definition) is 6. The summed E-state index contributed by atoms with van der Waals surface area (Å²) < 4.78 is 46.8. The van der Waals surface area contributed by atoms with Crippen molar-refractivity contribution >= 4 is 39.9 Å². The molecule has 1 aromatic carbocycles. The van der Waals surface area contributed by atoms with E-state index in [4.69, 9.17) is 21.8 Å². The summed E-state index contributed by atoms with van der Waals surface area (Å²) in [6, 6.07) is 5.29. The lowest BCUT2D eigenvalue weighted by Gasteiger charge is -2.33. The van der Waals surface area contributed by atoms with Gasteiger partial charge in [-0.15, -0.1) is 11.3 Å². The predicted octanol–water partition coefficient (Wildman–Crippen LogP) is 4.70. The largest absolute Gasteiger partial charge is 0.435 e. The van der Waals surface area contributed by atoms with E-state index in [1.807, 2.05) is 13.8 Å². The van der Waals surface area contributed by atoms with Crippen LogP contribution < -0.4 is 5.73 Å². The molecule has 0 bridgehead atoms. The quantitative estimate of drug-likeness (QED) is 0.581. The molecule has 4 rings (SSSR count). The summed E-state index contributed by atoms with van der Waals surface area (Å²) in [5, 5.41) is 0.436. The Labute approximate surface area is 189 Å². The molecule has 2 unspecified atom stereocenters. The SMILES string of the molecule is CCc1nc(-c2cc(Cl)c(C3(C)CS(=O)N(C)C(N)=N3)s2)oc1-c1ccc(F)c(F)c1. The second-order valence-corrected chi connectivity index (χ2v) is 10.2. The third-order valence-corrected chi connectivity index (χ3v) is 8.39. The molecule has 164 valence electrons. The van der Waals surface area contributed by atoms with Crippen LogP contribution in [0, 0.1) is 11.6 Å². The summed E-state index contributed by atoms with van der Waals surface area (Å²) in [7, 11) is 0.282. The molecule has 0 radical (unpaired) electrons. The van der Waals surface area contributed by atoms with Gasteiger partial charge in [-0.05, 0) is 37.6 Å². The van der Waals surface area contributed by atoms with E-state index in [9.17, 15) is 13.0 Å². The molecule has 1 aliphatic rings. The van der Waals surface area contributed by atoms with E-state index in [0.29, 0.717) is 44.1 Å². The van der Waals surface area contributed by atoms with E-state index >= 15 is 0 Å². The lowest BCUT2D eigenvalue weighted by Crippen LogP contribution is -2.47. The highest BCUT2D eigenvalue weighted by Gasteiger charge is 2.39. The van der Waals surface area contributed by atoms with E-state index in [0.717, 1.165) is 12.1 Å². The number of rotatable bonds is 4. The first-order chi connectivity index (χ1) is 14.6. The van der Waals surface area contributed by atoms with Crippen LogP contribution in [0.15, 0.2) is 33.7 Å². The molecular formula is C20H19ClF2N4O2S2. The number of guanidine groups is 1. The molecule has 3 heterocycles. The average Bonchev–Trinajstić information content (AvgIpc) is 3.32. The van der Waals surface area contributed by atoms with Crippen LogP contribution in [-0.2, 0) is 22.9 Å². The van der Waals surface area contributed by atoms with Crippen LogP contribution in [0.1, 0.15) is 24.4 Å². The number of halogens is 3. The first-order valence-electron chi connectivity index (χ1n) is 9.35. The number of aliphatic imine (C=N–C) groups is 1. The first-order valence-corrected chi connectivity index (χ1v) is 11.8. The van der Waals surface area contributed by atoms with E-state index in [1.54, 1.807) is 13.1 Å². The fourth-order valence-corrected chi connectivity index (χ4v) is 6.10. The minimum atomic E-state index is -1.34. The molecule has 6 nitrogen and oxygen atoms in total. The van der Waals surface area contributed by atoms with Crippen molar-refractivity contribution in [2.24, 2.45) is 10.7 Å². The Kier molecular flexibility index (Phi) is 5.65. The van der Waals surface area contributed by atoms with Crippen LogP contribution in [0.3, 0.4) is 0 Å². The Bertz CT molecular complexity index is 1230. The van der Waals surface area contributed by atoms with Gasteiger partial charge >= 0.3 is 0 Å². The molecule has 0 fully saturated rings. The Morgan fingerprint density at radius 2 is 2.10 bits per heavy atom. The van der Waals surface area contributed by atoms with Crippen molar-refractivity contribution in [2.75, 3.05) is 12.8 Å². The van der Waals surface area contributed by atoms with E-state index in [1.165, 1.54) is 21.7 Å². The highest BCUT2D eigenvalue weighted by molar-refractivity contribution is 7.83. The molecule has 11 heteroatoms. The van der Waals surface area contributed by atoms with Gasteiger partial charge in [0.05, 0.1) is 26.2 Å². The normalized spacial score (nSPS) is 21.4. The molecule has 0 amide bonds. The molecule has 2 atom stereocenters. The standard InChI is InChI=1S/C20H19ClF2N4O2S2/c1-4-14-16(10-5-6-12(22)13(23)7-10)29-18(25-14)15-8-11(21)17(30-15)20(2)9-31(28)27(3)19(24)26-20/h5-8H,4,9H2,1-3H3,(H2,24,26). The van der Waals surface area contributed by atoms with Crippen molar-refractivity contribution in [3.05, 3.63) is 51.5 Å². The van der Waals surface area contributed by atoms with E-state index < -0.39 is 28.2 Å². The molecule has 2 N–H and O–H groups in total. The van der Waals surface area contributed by atoms with Gasteiger partial charge in [0.2, 0.25) is 11.9 Å². The number of nitrogens with two attached hydrogens (primary N) is 1. The number of benzene rings is 1. The van der Waals surface area contributed by atoms with Crippen molar-refractivity contribution in [1.82, 2.24) is 9.29 Å². The fraction of sp³-hybridized carbons (Fsp3) is 0.300. The monoisotopic (exact) mass is 484 g/mol. The Morgan fingerprint density at radius 3 is 2.74 bits per heavy atom. The van der Waals surface area contributed by atoms with Gasteiger partial charge in [-0.1, -0.05) is 18.5 Å². The van der Waals surface area contributed by atoms with Crippen LogP contribution in [0.25, 0.3) is 22.1 Å². The van der Waals surface area contributed by atoms with E-state index in [2.05, 4.69) is 9.98 Å². The van der Waals surface area contributed by atoms with Crippen LogP contribution >= 0.6 is 22.9 Å². The van der Waals surface area contributed by atoms with E-state index in [-0.39, 0.29) is 11.7 Å². The maximum absolute atomic E-state index is 13.7. The van der Waals surface area contributed by atoms with Gasteiger partial charge in [-0.2, -0.15) is 0 Å². The predicted molar refractivity (Wildman–Crippen MR) is 119 cm³/mol. The Hall–Kier alpha value is -2.30. The molecule has 1 aliphatic heterocycles. The highest BCUT2D eigenvalue weighted by atomic mass is 35.5. The summed E-state index contributed by atoms with van der Waals surface area (Å²) in [5.41, 5.74) is 6.09. The number of aromatic nitrogens is 1. The third-order valence-electron chi connectivity index (χ3n) is 4.99. The summed E-state index contributed by atoms with van der Waals surface area (Å²) >= 11 is 7.83. The Balaban J connectivity index is 1.76. The van der Waals surface area contributed by atoms with Crippen LogP contribution in [0.2, 0.25) is 5.02 Å². The third kappa shape index (κ3) is 3.88. The number of hydrogen-bond donors (Lipinski definition) is 1. The molecule has 0 saturated heterocycles. The lowest BCUT2D eigenvalue weighted by atomic mass is 10.0. The molecule has 0 aliphatic carbocycles. The van der Waals surface area contributed by atoms with Crippen molar-refractivity contribution in [3.8, 4) is 22.1 Å². The summed E-state index contributed by atoms with van der Waals surface area (Å²) in [6.07, 6.45) is 0.535. The molecule has 2 aromatic heterocycles. The highest BCUT2D eigenvalue weighted by Crippen LogP contribution is 2.44. The zero-order chi connectivity index (χ0) is 22.5. The maximum atomic E-state index is 13.7. The van der Waals surface area contributed by atoms with Crippen molar-refractivity contribution in [3.63, 3.8) is 0 Å². The molecular weight excluding hydrogens is 466 g/mol. The Morgan fingerprint density at radius 1 is 1.35 bits per heavy atom.